The van der Waals surface area contributed by atoms with Gasteiger partial charge in [0, 0.05) is 12.6 Å². The Kier molecular flexibility index (Phi) is 4.37. The average molecular weight is 344 g/mol. The number of aliphatic hydroxyl groups is 1. The Morgan fingerprint density at radius 2 is 2.17 bits per heavy atom. The fourth-order valence-corrected chi connectivity index (χ4v) is 3.89. The molecule has 6 heteroatoms. The molecule has 3 aromatic rings. The van der Waals surface area contributed by atoms with Gasteiger partial charge in [-0.15, -0.1) is 11.3 Å². The van der Waals surface area contributed by atoms with Gasteiger partial charge in [-0.05, 0) is 31.2 Å². The number of rotatable bonds is 4. The first-order valence-electron chi connectivity index (χ1n) is 8.14. The van der Waals surface area contributed by atoms with Gasteiger partial charge in [-0.3, -0.25) is 4.90 Å². The highest BCUT2D eigenvalue weighted by molar-refractivity contribution is 7.21. The second-order valence-electron chi connectivity index (χ2n) is 6.17. The SMILES string of the molecule is CC1COC(CO)CN1Cc1ccc(-c2nc3ccccc3s2)o1. The van der Waals surface area contributed by atoms with E-state index < -0.39 is 0 Å². The number of benzene rings is 1. The number of fused-ring (bicyclic) bond motifs is 1. The second-order valence-corrected chi connectivity index (χ2v) is 7.20. The molecule has 5 nitrogen and oxygen atoms in total. The van der Waals surface area contributed by atoms with Crippen LogP contribution in [-0.2, 0) is 11.3 Å². The highest BCUT2D eigenvalue weighted by Crippen LogP contribution is 2.31. The first-order valence-corrected chi connectivity index (χ1v) is 8.96. The van der Waals surface area contributed by atoms with Gasteiger partial charge in [0.2, 0.25) is 0 Å². The predicted octanol–water partition coefficient (Wildman–Crippen LogP) is 3.14. The van der Waals surface area contributed by atoms with Crippen molar-refractivity contribution in [3.8, 4) is 10.8 Å². The summed E-state index contributed by atoms with van der Waals surface area (Å²) in [6.07, 6.45) is -0.111. The lowest BCUT2D eigenvalue weighted by Crippen LogP contribution is -2.48. The van der Waals surface area contributed by atoms with E-state index in [1.54, 1.807) is 11.3 Å². The topological polar surface area (TPSA) is 58.7 Å². The van der Waals surface area contributed by atoms with E-state index in [0.717, 1.165) is 33.3 Å². The molecule has 0 bridgehead atoms. The normalized spacial score (nSPS) is 22.2. The monoisotopic (exact) mass is 344 g/mol. The number of nitrogens with zero attached hydrogens (tertiary/aromatic N) is 2. The van der Waals surface area contributed by atoms with Gasteiger partial charge in [0.25, 0.3) is 0 Å². The number of para-hydroxylation sites is 1. The molecule has 1 saturated heterocycles. The largest absolute Gasteiger partial charge is 0.457 e. The Bertz CT molecular complexity index is 795. The van der Waals surface area contributed by atoms with Gasteiger partial charge in [-0.2, -0.15) is 0 Å². The lowest BCUT2D eigenvalue weighted by Gasteiger charge is -2.36. The maximum Gasteiger partial charge on any atom is 0.163 e. The molecule has 0 aliphatic carbocycles. The van der Waals surface area contributed by atoms with E-state index in [4.69, 9.17) is 9.15 Å². The summed E-state index contributed by atoms with van der Waals surface area (Å²) in [5.74, 6) is 1.72. The van der Waals surface area contributed by atoms with Crippen LogP contribution < -0.4 is 0 Å². The maximum atomic E-state index is 9.30. The van der Waals surface area contributed by atoms with Crippen molar-refractivity contribution in [3.63, 3.8) is 0 Å². The number of aromatic nitrogens is 1. The van der Waals surface area contributed by atoms with Gasteiger partial charge in [-0.1, -0.05) is 12.1 Å². The molecule has 1 aliphatic rings. The molecular weight excluding hydrogens is 324 g/mol. The molecular formula is C18H20N2O3S. The molecule has 0 amide bonds. The van der Waals surface area contributed by atoms with Crippen molar-refractivity contribution >= 4 is 21.6 Å². The number of aliphatic hydroxyl groups excluding tert-OH is 1. The van der Waals surface area contributed by atoms with E-state index in [1.165, 1.54) is 0 Å². The summed E-state index contributed by atoms with van der Waals surface area (Å²) < 4.78 is 12.8. The van der Waals surface area contributed by atoms with Crippen LogP contribution in [-0.4, -0.2) is 46.9 Å². The van der Waals surface area contributed by atoms with E-state index in [-0.39, 0.29) is 12.7 Å². The Labute approximate surface area is 144 Å². The minimum Gasteiger partial charge on any atom is -0.457 e. The van der Waals surface area contributed by atoms with Gasteiger partial charge in [-0.25, -0.2) is 4.98 Å². The zero-order valence-corrected chi connectivity index (χ0v) is 14.3. The van der Waals surface area contributed by atoms with Gasteiger partial charge in [0.15, 0.2) is 10.8 Å². The quantitative estimate of drug-likeness (QED) is 0.788. The smallest absolute Gasteiger partial charge is 0.163 e. The minimum atomic E-state index is -0.111. The van der Waals surface area contributed by atoms with E-state index in [1.807, 2.05) is 30.3 Å². The van der Waals surface area contributed by atoms with Gasteiger partial charge >= 0.3 is 0 Å². The first kappa shape index (κ1) is 15.8. The van der Waals surface area contributed by atoms with Crippen LogP contribution in [0.4, 0.5) is 0 Å². The van der Waals surface area contributed by atoms with Crippen molar-refractivity contribution in [2.24, 2.45) is 0 Å². The van der Waals surface area contributed by atoms with Crippen molar-refractivity contribution in [3.05, 3.63) is 42.2 Å². The molecule has 1 aliphatic heterocycles. The summed E-state index contributed by atoms with van der Waals surface area (Å²) >= 11 is 1.64. The zero-order valence-electron chi connectivity index (χ0n) is 13.5. The lowest BCUT2D eigenvalue weighted by molar-refractivity contribution is -0.0819. The van der Waals surface area contributed by atoms with E-state index in [0.29, 0.717) is 19.2 Å². The third kappa shape index (κ3) is 3.10. The summed E-state index contributed by atoms with van der Waals surface area (Å²) in [6, 6.07) is 12.4. The first-order chi connectivity index (χ1) is 11.7. The van der Waals surface area contributed by atoms with Crippen LogP contribution >= 0.6 is 11.3 Å². The molecule has 2 aromatic heterocycles. The number of morpholine rings is 1. The zero-order chi connectivity index (χ0) is 16.5. The summed E-state index contributed by atoms with van der Waals surface area (Å²) in [6.45, 7) is 4.25. The van der Waals surface area contributed by atoms with Gasteiger partial charge in [0.1, 0.15) is 5.76 Å². The molecule has 2 atom stereocenters. The Morgan fingerprint density at radius 3 is 3.00 bits per heavy atom. The molecule has 0 spiro atoms. The van der Waals surface area contributed by atoms with Crippen molar-refractivity contribution in [2.45, 2.75) is 25.6 Å². The van der Waals surface area contributed by atoms with E-state index >= 15 is 0 Å². The van der Waals surface area contributed by atoms with Crippen LogP contribution in [0.5, 0.6) is 0 Å². The molecule has 0 radical (unpaired) electrons. The van der Waals surface area contributed by atoms with Crippen LogP contribution in [0.1, 0.15) is 12.7 Å². The van der Waals surface area contributed by atoms with E-state index in [9.17, 15) is 5.11 Å². The Balaban J connectivity index is 1.52. The van der Waals surface area contributed by atoms with Gasteiger partial charge < -0.3 is 14.3 Å². The molecule has 24 heavy (non-hydrogen) atoms. The van der Waals surface area contributed by atoms with E-state index in [2.05, 4.69) is 22.9 Å². The summed E-state index contributed by atoms with van der Waals surface area (Å²) in [5, 5.41) is 10.2. The molecule has 3 heterocycles. The lowest BCUT2D eigenvalue weighted by atomic mass is 10.2. The van der Waals surface area contributed by atoms with Crippen molar-refractivity contribution in [1.29, 1.82) is 0 Å². The van der Waals surface area contributed by atoms with Crippen LogP contribution in [0, 0.1) is 0 Å². The number of thiazole rings is 1. The van der Waals surface area contributed by atoms with Crippen LogP contribution in [0.25, 0.3) is 21.0 Å². The van der Waals surface area contributed by atoms with Crippen molar-refractivity contribution in [2.75, 3.05) is 19.8 Å². The molecule has 2 unspecified atom stereocenters. The van der Waals surface area contributed by atoms with Crippen molar-refractivity contribution in [1.82, 2.24) is 9.88 Å². The molecule has 1 fully saturated rings. The molecule has 4 rings (SSSR count). The molecule has 1 aromatic carbocycles. The Hall–Kier alpha value is -1.73. The summed E-state index contributed by atoms with van der Waals surface area (Å²) in [4.78, 5) is 6.92. The fourth-order valence-electron chi connectivity index (χ4n) is 2.96. The number of ether oxygens (including phenoxy) is 1. The maximum absolute atomic E-state index is 9.30. The molecule has 0 saturated carbocycles. The number of furan rings is 1. The highest BCUT2D eigenvalue weighted by atomic mass is 32.1. The standard InChI is InChI=1S/C18H20N2O3S/c1-12-11-22-14(10-21)9-20(12)8-13-6-7-16(23-13)18-19-15-4-2-3-5-17(15)24-18/h2-7,12,14,21H,8-11H2,1H3. The molecule has 126 valence electrons. The van der Waals surface area contributed by atoms with Crippen LogP contribution in [0.15, 0.2) is 40.8 Å². The number of hydrogen-bond acceptors (Lipinski definition) is 6. The summed E-state index contributed by atoms with van der Waals surface area (Å²) in [7, 11) is 0. The van der Waals surface area contributed by atoms with Gasteiger partial charge in [0.05, 0.1) is 36.1 Å². The number of hydrogen-bond donors (Lipinski definition) is 1. The predicted molar refractivity (Wildman–Crippen MR) is 94.0 cm³/mol. The highest BCUT2D eigenvalue weighted by Gasteiger charge is 2.26. The minimum absolute atomic E-state index is 0.0539. The Morgan fingerprint density at radius 1 is 1.29 bits per heavy atom. The van der Waals surface area contributed by atoms with Crippen LogP contribution in [0.2, 0.25) is 0 Å². The second kappa shape index (κ2) is 6.64. The average Bonchev–Trinajstić information content (AvgIpc) is 3.23. The summed E-state index contributed by atoms with van der Waals surface area (Å²) in [5.41, 5.74) is 1.00. The third-order valence-electron chi connectivity index (χ3n) is 4.36. The molecule has 1 N–H and O–H groups in total. The third-order valence-corrected chi connectivity index (χ3v) is 5.41. The fraction of sp³-hybridized carbons (Fsp3) is 0.389. The van der Waals surface area contributed by atoms with Crippen LogP contribution in [0.3, 0.4) is 0 Å². The van der Waals surface area contributed by atoms with Crippen molar-refractivity contribution < 1.29 is 14.3 Å².